The fourth-order valence-electron chi connectivity index (χ4n) is 3.06. The molecule has 3 rings (SSSR count). The van der Waals surface area contributed by atoms with Gasteiger partial charge in [0.1, 0.15) is 0 Å². The molecule has 0 spiro atoms. The van der Waals surface area contributed by atoms with E-state index in [0.717, 1.165) is 29.3 Å². The van der Waals surface area contributed by atoms with Crippen LogP contribution in [0.15, 0.2) is 54.6 Å². The van der Waals surface area contributed by atoms with Crippen molar-refractivity contribution >= 4 is 45.6 Å². The molecule has 3 nitrogen and oxygen atoms in total. The first-order chi connectivity index (χ1) is 13.6. The van der Waals surface area contributed by atoms with Crippen LogP contribution in [0.4, 0.5) is 5.69 Å². The van der Waals surface area contributed by atoms with E-state index in [4.69, 9.17) is 27.9 Å². The lowest BCUT2D eigenvalue weighted by Crippen LogP contribution is -2.12. The zero-order valence-corrected chi connectivity index (χ0v) is 17.3. The van der Waals surface area contributed by atoms with Crippen LogP contribution in [0.3, 0.4) is 0 Å². The van der Waals surface area contributed by atoms with Crippen LogP contribution in [0.1, 0.15) is 43.0 Å². The fourth-order valence-corrected chi connectivity index (χ4v) is 3.66. The Morgan fingerprint density at radius 1 is 0.964 bits per heavy atom. The average Bonchev–Trinajstić information content (AvgIpc) is 2.69. The van der Waals surface area contributed by atoms with Crippen LogP contribution in [0.2, 0.25) is 10.0 Å². The van der Waals surface area contributed by atoms with Gasteiger partial charge < -0.3 is 10.1 Å². The summed E-state index contributed by atoms with van der Waals surface area (Å²) in [5, 5.41) is 5.66. The van der Waals surface area contributed by atoms with E-state index in [2.05, 4.69) is 12.2 Å². The average molecular weight is 416 g/mol. The maximum Gasteiger partial charge on any atom is 0.255 e. The molecule has 0 atom stereocenters. The van der Waals surface area contributed by atoms with Crippen molar-refractivity contribution in [2.24, 2.45) is 0 Å². The Morgan fingerprint density at radius 3 is 2.43 bits per heavy atom. The zero-order valence-electron chi connectivity index (χ0n) is 15.8. The first-order valence-electron chi connectivity index (χ1n) is 9.51. The molecule has 0 bridgehead atoms. The van der Waals surface area contributed by atoms with Crippen molar-refractivity contribution in [3.63, 3.8) is 0 Å². The van der Waals surface area contributed by atoms with Crippen molar-refractivity contribution in [1.82, 2.24) is 0 Å². The zero-order chi connectivity index (χ0) is 19.9. The van der Waals surface area contributed by atoms with Gasteiger partial charge in [-0.25, -0.2) is 0 Å². The van der Waals surface area contributed by atoms with Gasteiger partial charge in [0.2, 0.25) is 0 Å². The van der Waals surface area contributed by atoms with Gasteiger partial charge in [-0.3, -0.25) is 4.79 Å². The number of ether oxygens (including phenoxy) is 1. The van der Waals surface area contributed by atoms with Crippen LogP contribution in [0.25, 0.3) is 10.8 Å². The largest absolute Gasteiger partial charge is 0.490 e. The highest BCUT2D eigenvalue weighted by Gasteiger charge is 2.15. The third kappa shape index (κ3) is 4.98. The van der Waals surface area contributed by atoms with Gasteiger partial charge in [0, 0.05) is 16.6 Å². The number of amides is 1. The van der Waals surface area contributed by atoms with Gasteiger partial charge in [0.25, 0.3) is 5.91 Å². The van der Waals surface area contributed by atoms with Crippen molar-refractivity contribution in [3.8, 4) is 5.75 Å². The molecule has 0 aliphatic carbocycles. The Labute approximate surface area is 175 Å². The van der Waals surface area contributed by atoms with Gasteiger partial charge in [-0.1, -0.05) is 85.8 Å². The van der Waals surface area contributed by atoms with E-state index in [-0.39, 0.29) is 5.91 Å². The van der Waals surface area contributed by atoms with Crippen molar-refractivity contribution < 1.29 is 9.53 Å². The maximum atomic E-state index is 12.7. The highest BCUT2D eigenvalue weighted by atomic mass is 35.5. The van der Waals surface area contributed by atoms with E-state index >= 15 is 0 Å². The van der Waals surface area contributed by atoms with Gasteiger partial charge in [0.05, 0.1) is 16.7 Å². The lowest BCUT2D eigenvalue weighted by molar-refractivity contribution is 0.102. The molecule has 0 radical (unpaired) electrons. The fraction of sp³-hybridized carbons (Fsp3) is 0.261. The highest BCUT2D eigenvalue weighted by Crippen LogP contribution is 2.35. The SMILES string of the molecule is CCCCCCOc1c(Cl)cc(C(=O)Nc2cccc3ccccc23)cc1Cl. The van der Waals surface area contributed by atoms with E-state index in [0.29, 0.717) is 28.0 Å². The smallest absolute Gasteiger partial charge is 0.255 e. The third-order valence-corrected chi connectivity index (χ3v) is 5.10. The number of halogens is 2. The van der Waals surface area contributed by atoms with E-state index in [9.17, 15) is 4.79 Å². The quantitative estimate of drug-likeness (QED) is 0.390. The number of fused-ring (bicyclic) bond motifs is 1. The van der Waals surface area contributed by atoms with Gasteiger partial charge in [-0.05, 0) is 30.0 Å². The number of anilines is 1. The minimum absolute atomic E-state index is 0.269. The molecule has 3 aromatic carbocycles. The summed E-state index contributed by atoms with van der Waals surface area (Å²) in [7, 11) is 0. The van der Waals surface area contributed by atoms with Crippen LogP contribution in [-0.2, 0) is 0 Å². The Morgan fingerprint density at radius 2 is 1.68 bits per heavy atom. The summed E-state index contributed by atoms with van der Waals surface area (Å²) in [5.41, 5.74) is 1.13. The van der Waals surface area contributed by atoms with Gasteiger partial charge >= 0.3 is 0 Å². The second-order valence-electron chi connectivity index (χ2n) is 6.66. The first kappa shape index (κ1) is 20.5. The van der Waals surface area contributed by atoms with Gasteiger partial charge in [-0.2, -0.15) is 0 Å². The molecular formula is C23H23Cl2NO2. The number of benzene rings is 3. The molecule has 0 saturated carbocycles. The number of nitrogens with one attached hydrogen (secondary N) is 1. The first-order valence-corrected chi connectivity index (χ1v) is 10.3. The van der Waals surface area contributed by atoms with Crippen molar-refractivity contribution in [2.75, 3.05) is 11.9 Å². The molecule has 28 heavy (non-hydrogen) atoms. The molecule has 0 saturated heterocycles. The molecule has 5 heteroatoms. The second-order valence-corrected chi connectivity index (χ2v) is 7.47. The van der Waals surface area contributed by atoms with E-state index in [1.165, 1.54) is 12.8 Å². The van der Waals surface area contributed by atoms with Crippen LogP contribution in [0.5, 0.6) is 5.75 Å². The Kier molecular flexibility index (Phi) is 7.18. The molecule has 0 aliphatic rings. The molecule has 0 unspecified atom stereocenters. The van der Waals surface area contributed by atoms with Crippen molar-refractivity contribution in [2.45, 2.75) is 32.6 Å². The van der Waals surface area contributed by atoms with Gasteiger partial charge in [-0.15, -0.1) is 0 Å². The highest BCUT2D eigenvalue weighted by molar-refractivity contribution is 6.37. The molecule has 1 N–H and O–H groups in total. The molecule has 0 aromatic heterocycles. The lowest BCUT2D eigenvalue weighted by atomic mass is 10.1. The maximum absolute atomic E-state index is 12.7. The molecule has 3 aromatic rings. The van der Waals surface area contributed by atoms with E-state index in [1.807, 2.05) is 42.5 Å². The monoisotopic (exact) mass is 415 g/mol. The van der Waals surface area contributed by atoms with Crippen LogP contribution >= 0.6 is 23.2 Å². The summed E-state index contributed by atoms with van der Waals surface area (Å²) in [6, 6.07) is 16.9. The van der Waals surface area contributed by atoms with E-state index < -0.39 is 0 Å². The predicted molar refractivity (Wildman–Crippen MR) is 118 cm³/mol. The summed E-state index contributed by atoms with van der Waals surface area (Å²) in [4.78, 5) is 12.7. The summed E-state index contributed by atoms with van der Waals surface area (Å²) < 4.78 is 5.73. The molecule has 146 valence electrons. The molecule has 1 amide bonds. The number of carbonyl (C=O) groups excluding carboxylic acids is 1. The summed E-state index contributed by atoms with van der Waals surface area (Å²) in [6.45, 7) is 2.72. The van der Waals surface area contributed by atoms with Crippen LogP contribution in [0, 0.1) is 0 Å². The molecule has 0 fully saturated rings. The Bertz CT molecular complexity index is 943. The predicted octanol–water partition coefficient (Wildman–Crippen LogP) is 7.36. The normalized spacial score (nSPS) is 10.8. The number of rotatable bonds is 8. The summed E-state index contributed by atoms with van der Waals surface area (Å²) >= 11 is 12.7. The number of unbranched alkanes of at least 4 members (excludes halogenated alkanes) is 3. The van der Waals surface area contributed by atoms with E-state index in [1.54, 1.807) is 12.1 Å². The molecule has 0 aliphatic heterocycles. The lowest BCUT2D eigenvalue weighted by Gasteiger charge is -2.13. The summed E-state index contributed by atoms with van der Waals surface area (Å²) in [6.07, 6.45) is 4.40. The standard InChI is InChI=1S/C23H23Cl2NO2/c1-2-3-4-7-13-28-22-19(24)14-17(15-20(22)25)23(27)26-21-12-8-10-16-9-5-6-11-18(16)21/h5-6,8-12,14-15H,2-4,7,13H2,1H3,(H,26,27). The van der Waals surface area contributed by atoms with Gasteiger partial charge in [0.15, 0.2) is 5.75 Å². The Balaban J connectivity index is 1.73. The summed E-state index contributed by atoms with van der Waals surface area (Å²) in [5.74, 6) is 0.163. The molecule has 0 heterocycles. The minimum Gasteiger partial charge on any atom is -0.490 e. The molecular weight excluding hydrogens is 393 g/mol. The minimum atomic E-state index is -0.269. The van der Waals surface area contributed by atoms with Crippen molar-refractivity contribution in [3.05, 3.63) is 70.2 Å². The second kappa shape index (κ2) is 9.81. The topological polar surface area (TPSA) is 38.3 Å². The third-order valence-electron chi connectivity index (χ3n) is 4.54. The van der Waals surface area contributed by atoms with Crippen LogP contribution < -0.4 is 10.1 Å². The van der Waals surface area contributed by atoms with Crippen LogP contribution in [-0.4, -0.2) is 12.5 Å². The number of hydrogen-bond acceptors (Lipinski definition) is 2. The Hall–Kier alpha value is -2.23. The number of carbonyl (C=O) groups is 1. The van der Waals surface area contributed by atoms with Crippen molar-refractivity contribution in [1.29, 1.82) is 0 Å². The number of hydrogen-bond donors (Lipinski definition) is 1.